The minimum Gasteiger partial charge on any atom is -0.453 e. The van der Waals surface area contributed by atoms with Crippen LogP contribution in [0.2, 0.25) is 0 Å². The predicted molar refractivity (Wildman–Crippen MR) is 77.8 cm³/mol. The second kappa shape index (κ2) is 5.88. The fourth-order valence-corrected chi connectivity index (χ4v) is 2.02. The first-order valence-corrected chi connectivity index (χ1v) is 6.73. The summed E-state index contributed by atoms with van der Waals surface area (Å²) in [4.78, 5) is 0. The fraction of sp³-hybridized carbons (Fsp3) is 0.231. The molecule has 0 fully saturated rings. The van der Waals surface area contributed by atoms with E-state index >= 15 is 0 Å². The Morgan fingerprint density at radius 1 is 1.53 bits per heavy atom. The number of amidine groups is 1. The van der Waals surface area contributed by atoms with Crippen LogP contribution in [0, 0.1) is 5.41 Å². The van der Waals surface area contributed by atoms with Gasteiger partial charge in [0, 0.05) is 11.0 Å². The summed E-state index contributed by atoms with van der Waals surface area (Å²) in [6.07, 6.45) is 4.49. The third kappa shape index (κ3) is 3.35. The minimum absolute atomic E-state index is 0.0246. The quantitative estimate of drug-likeness (QED) is 0.655. The molecule has 0 unspecified atom stereocenters. The molecule has 0 aliphatic rings. The minimum atomic E-state index is -0.0246. The van der Waals surface area contributed by atoms with E-state index in [0.717, 1.165) is 17.4 Å². The van der Waals surface area contributed by atoms with E-state index in [0.29, 0.717) is 17.1 Å². The van der Waals surface area contributed by atoms with Gasteiger partial charge in [0.15, 0.2) is 5.75 Å². The summed E-state index contributed by atoms with van der Waals surface area (Å²) in [5.41, 5.74) is 6.10. The second-order valence-corrected chi connectivity index (χ2v) is 5.01. The highest BCUT2D eigenvalue weighted by atomic mass is 79.9. The van der Waals surface area contributed by atoms with Crippen molar-refractivity contribution >= 4 is 21.8 Å². The number of nitrogens with one attached hydrogen (secondary N) is 1. The van der Waals surface area contributed by atoms with Crippen LogP contribution >= 0.6 is 15.9 Å². The lowest BCUT2D eigenvalue weighted by Crippen LogP contribution is -2.12. The van der Waals surface area contributed by atoms with Gasteiger partial charge in [-0.05, 0) is 24.6 Å². The zero-order valence-electron chi connectivity index (χ0n) is 10.6. The van der Waals surface area contributed by atoms with E-state index in [1.165, 1.54) is 0 Å². The molecule has 0 bridgehead atoms. The molecular weight excluding hydrogens is 308 g/mol. The van der Waals surface area contributed by atoms with Gasteiger partial charge in [-0.15, -0.1) is 0 Å². The number of rotatable bonds is 5. The molecule has 2 aromatic rings. The van der Waals surface area contributed by atoms with Crippen LogP contribution < -0.4 is 10.5 Å². The first-order chi connectivity index (χ1) is 9.10. The van der Waals surface area contributed by atoms with Crippen molar-refractivity contribution in [1.29, 1.82) is 5.41 Å². The number of benzene rings is 1. The number of hydrogen-bond acceptors (Lipinski definition) is 3. The fourth-order valence-electron chi connectivity index (χ4n) is 1.68. The lowest BCUT2D eigenvalue weighted by atomic mass is 10.2. The van der Waals surface area contributed by atoms with Crippen molar-refractivity contribution in [2.24, 2.45) is 5.73 Å². The van der Waals surface area contributed by atoms with Gasteiger partial charge >= 0.3 is 0 Å². The Kier molecular flexibility index (Phi) is 4.21. The molecule has 0 spiro atoms. The van der Waals surface area contributed by atoms with Gasteiger partial charge in [0.1, 0.15) is 11.6 Å². The number of hydrogen-bond donors (Lipinski definition) is 2. The largest absolute Gasteiger partial charge is 0.453 e. The first-order valence-electron chi connectivity index (χ1n) is 5.94. The third-order valence-electron chi connectivity index (χ3n) is 2.52. The van der Waals surface area contributed by atoms with Crippen LogP contribution in [-0.4, -0.2) is 15.6 Å². The third-order valence-corrected chi connectivity index (χ3v) is 3.02. The standard InChI is InChI=1S/C13H15BrN4O/c1-2-5-18-8-10(7-17-18)19-12-6-9(14)3-4-11(12)13(15)16/h3-4,6-8H,2,5H2,1H3,(H3,15,16). The van der Waals surface area contributed by atoms with Gasteiger partial charge in [0.05, 0.1) is 18.0 Å². The highest BCUT2D eigenvalue weighted by Crippen LogP contribution is 2.28. The molecule has 0 atom stereocenters. The molecule has 0 radical (unpaired) electrons. The van der Waals surface area contributed by atoms with Crippen LogP contribution in [0.5, 0.6) is 11.5 Å². The molecule has 19 heavy (non-hydrogen) atoms. The van der Waals surface area contributed by atoms with Gasteiger partial charge in [-0.3, -0.25) is 10.1 Å². The maximum Gasteiger partial charge on any atom is 0.165 e. The summed E-state index contributed by atoms with van der Waals surface area (Å²) in [5, 5.41) is 11.7. The lowest BCUT2D eigenvalue weighted by Gasteiger charge is -2.09. The maximum atomic E-state index is 7.55. The van der Waals surface area contributed by atoms with E-state index in [2.05, 4.69) is 28.0 Å². The van der Waals surface area contributed by atoms with Gasteiger partial charge in [-0.1, -0.05) is 22.9 Å². The Bertz CT molecular complexity index is 594. The van der Waals surface area contributed by atoms with Gasteiger partial charge in [-0.2, -0.15) is 5.10 Å². The zero-order valence-corrected chi connectivity index (χ0v) is 12.1. The molecule has 0 saturated carbocycles. The monoisotopic (exact) mass is 322 g/mol. The van der Waals surface area contributed by atoms with Crippen molar-refractivity contribution < 1.29 is 4.74 Å². The summed E-state index contributed by atoms with van der Waals surface area (Å²) in [6, 6.07) is 5.36. The molecule has 1 aromatic carbocycles. The van der Waals surface area contributed by atoms with Crippen LogP contribution in [0.25, 0.3) is 0 Å². The summed E-state index contributed by atoms with van der Waals surface area (Å²) in [6.45, 7) is 2.94. The van der Waals surface area contributed by atoms with Crippen molar-refractivity contribution in [3.8, 4) is 11.5 Å². The Hall–Kier alpha value is -1.82. The first kappa shape index (κ1) is 13.6. The average Bonchev–Trinajstić information content (AvgIpc) is 2.77. The lowest BCUT2D eigenvalue weighted by molar-refractivity contribution is 0.479. The van der Waals surface area contributed by atoms with E-state index in [9.17, 15) is 0 Å². The number of ether oxygens (including phenoxy) is 1. The van der Waals surface area contributed by atoms with Crippen LogP contribution in [0.15, 0.2) is 35.1 Å². The van der Waals surface area contributed by atoms with E-state index < -0.39 is 0 Å². The SMILES string of the molecule is CCCn1cc(Oc2cc(Br)ccc2C(=N)N)cn1. The molecule has 100 valence electrons. The summed E-state index contributed by atoms with van der Waals surface area (Å²) in [7, 11) is 0. The summed E-state index contributed by atoms with van der Waals surface area (Å²) >= 11 is 3.38. The summed E-state index contributed by atoms with van der Waals surface area (Å²) in [5.74, 6) is 1.15. The average molecular weight is 323 g/mol. The van der Waals surface area contributed by atoms with Crippen molar-refractivity contribution in [2.75, 3.05) is 0 Å². The number of aromatic nitrogens is 2. The second-order valence-electron chi connectivity index (χ2n) is 4.10. The van der Waals surface area contributed by atoms with Gasteiger partial charge in [0.2, 0.25) is 0 Å². The maximum absolute atomic E-state index is 7.55. The highest BCUT2D eigenvalue weighted by Gasteiger charge is 2.09. The zero-order chi connectivity index (χ0) is 13.8. The highest BCUT2D eigenvalue weighted by molar-refractivity contribution is 9.10. The van der Waals surface area contributed by atoms with Gasteiger partial charge < -0.3 is 10.5 Å². The molecule has 3 N–H and O–H groups in total. The van der Waals surface area contributed by atoms with Crippen LogP contribution in [-0.2, 0) is 6.54 Å². The molecule has 2 rings (SSSR count). The molecule has 0 amide bonds. The van der Waals surface area contributed by atoms with Crippen molar-refractivity contribution in [3.05, 3.63) is 40.6 Å². The Balaban J connectivity index is 2.26. The van der Waals surface area contributed by atoms with Crippen LogP contribution in [0.1, 0.15) is 18.9 Å². The van der Waals surface area contributed by atoms with Crippen LogP contribution in [0.4, 0.5) is 0 Å². The Morgan fingerprint density at radius 2 is 2.32 bits per heavy atom. The van der Waals surface area contributed by atoms with E-state index in [1.54, 1.807) is 18.3 Å². The van der Waals surface area contributed by atoms with Crippen molar-refractivity contribution in [2.45, 2.75) is 19.9 Å². The number of nitrogens with two attached hydrogens (primary N) is 1. The van der Waals surface area contributed by atoms with E-state index in [4.69, 9.17) is 15.9 Å². The summed E-state index contributed by atoms with van der Waals surface area (Å²) < 4.78 is 8.43. The predicted octanol–water partition coefficient (Wildman–Crippen LogP) is 3.13. The smallest absolute Gasteiger partial charge is 0.165 e. The molecular formula is C13H15BrN4O. The number of nitrogens with zero attached hydrogens (tertiary/aromatic N) is 2. The number of halogens is 1. The van der Waals surface area contributed by atoms with E-state index in [-0.39, 0.29) is 5.84 Å². The molecule has 0 saturated heterocycles. The topological polar surface area (TPSA) is 76.9 Å². The number of nitrogen functional groups attached to an aromatic ring is 1. The molecule has 1 aromatic heterocycles. The van der Waals surface area contributed by atoms with Crippen molar-refractivity contribution in [1.82, 2.24) is 9.78 Å². The Labute approximate surface area is 120 Å². The molecule has 0 aliphatic heterocycles. The Morgan fingerprint density at radius 3 is 3.00 bits per heavy atom. The van der Waals surface area contributed by atoms with Crippen LogP contribution in [0.3, 0.4) is 0 Å². The number of aryl methyl sites for hydroxylation is 1. The van der Waals surface area contributed by atoms with Crippen molar-refractivity contribution in [3.63, 3.8) is 0 Å². The molecule has 1 heterocycles. The molecule has 5 nitrogen and oxygen atoms in total. The van der Waals surface area contributed by atoms with Gasteiger partial charge in [0.25, 0.3) is 0 Å². The van der Waals surface area contributed by atoms with E-state index in [1.807, 2.05) is 16.9 Å². The molecule has 0 aliphatic carbocycles. The van der Waals surface area contributed by atoms with Gasteiger partial charge in [-0.25, -0.2) is 0 Å². The normalized spacial score (nSPS) is 10.4. The molecule has 6 heteroatoms.